The number of halogens is 1. The third-order valence-electron chi connectivity index (χ3n) is 4.04. The van der Waals surface area contributed by atoms with Crippen LogP contribution in [-0.4, -0.2) is 37.8 Å². The topological polar surface area (TPSA) is 98.2 Å². The Labute approximate surface area is 196 Å². The van der Waals surface area contributed by atoms with Gasteiger partial charge in [0, 0.05) is 18.5 Å². The number of hydrazone groups is 1. The zero-order valence-electron chi connectivity index (χ0n) is 18.6. The van der Waals surface area contributed by atoms with E-state index in [9.17, 15) is 9.59 Å². The number of anilines is 1. The second-order valence-corrected chi connectivity index (χ2v) is 7.85. The van der Waals surface area contributed by atoms with E-state index in [1.54, 1.807) is 43.5 Å². The van der Waals surface area contributed by atoms with Gasteiger partial charge in [-0.05, 0) is 78.7 Å². The average molecular weight is 506 g/mol. The number of nitrogens with one attached hydrogen (secondary N) is 2. The highest BCUT2D eigenvalue weighted by Crippen LogP contribution is 2.36. The molecule has 0 heterocycles. The number of amides is 2. The van der Waals surface area contributed by atoms with E-state index in [0.717, 1.165) is 5.75 Å². The summed E-state index contributed by atoms with van der Waals surface area (Å²) in [4.78, 5) is 24.0. The summed E-state index contributed by atoms with van der Waals surface area (Å²) in [7, 11) is 1.55. The maximum Gasteiger partial charge on any atom is 0.240 e. The predicted molar refractivity (Wildman–Crippen MR) is 128 cm³/mol. The number of hydrogen-bond donors (Lipinski definition) is 2. The molecule has 2 aromatic rings. The van der Waals surface area contributed by atoms with E-state index in [1.807, 2.05) is 20.8 Å². The lowest BCUT2D eigenvalue weighted by Crippen LogP contribution is -2.20. The fourth-order valence-electron chi connectivity index (χ4n) is 2.65. The summed E-state index contributed by atoms with van der Waals surface area (Å²) in [6.07, 6.45) is 1.53. The summed E-state index contributed by atoms with van der Waals surface area (Å²) in [5.41, 5.74) is 3.77. The molecule has 0 saturated heterocycles. The molecular weight excluding hydrogens is 478 g/mol. The lowest BCUT2D eigenvalue weighted by Gasteiger charge is -2.15. The molecule has 8 nitrogen and oxygen atoms in total. The van der Waals surface area contributed by atoms with Crippen LogP contribution in [0.5, 0.6) is 17.2 Å². The molecule has 32 heavy (non-hydrogen) atoms. The average Bonchev–Trinajstić information content (AvgIpc) is 2.75. The summed E-state index contributed by atoms with van der Waals surface area (Å²) in [5.74, 6) is 1.25. The van der Waals surface area contributed by atoms with Crippen molar-refractivity contribution in [1.82, 2.24) is 5.43 Å². The van der Waals surface area contributed by atoms with Crippen LogP contribution in [0.4, 0.5) is 5.69 Å². The van der Waals surface area contributed by atoms with Gasteiger partial charge in [-0.1, -0.05) is 0 Å². The van der Waals surface area contributed by atoms with Gasteiger partial charge in [-0.15, -0.1) is 0 Å². The molecule has 2 aromatic carbocycles. The first-order valence-corrected chi connectivity index (χ1v) is 11.0. The molecule has 0 unspecified atom stereocenters. The van der Waals surface area contributed by atoms with E-state index in [-0.39, 0.29) is 30.8 Å². The van der Waals surface area contributed by atoms with Gasteiger partial charge in [-0.3, -0.25) is 9.59 Å². The molecule has 0 saturated carbocycles. The lowest BCUT2D eigenvalue weighted by atomic mass is 10.2. The minimum absolute atomic E-state index is 0.00832. The Hall–Kier alpha value is -3.07. The standard InChI is InChI=1S/C23H28BrN3O5/c1-5-31-18-8-6-17(7-9-18)26-21(28)10-11-22(29)27-25-14-16-12-19(24)23(32-15(2)3)20(13-16)30-4/h6-9,12-15H,5,10-11H2,1-4H3,(H,26,28)(H,27,29). The minimum Gasteiger partial charge on any atom is -0.494 e. The first-order chi connectivity index (χ1) is 15.3. The van der Waals surface area contributed by atoms with Crippen molar-refractivity contribution < 1.29 is 23.8 Å². The van der Waals surface area contributed by atoms with Crippen LogP contribution >= 0.6 is 15.9 Å². The number of carbonyl (C=O) groups is 2. The number of ether oxygens (including phenoxy) is 3. The normalized spacial score (nSPS) is 10.8. The van der Waals surface area contributed by atoms with Crippen LogP contribution in [0.2, 0.25) is 0 Å². The SMILES string of the molecule is CCOc1ccc(NC(=O)CCC(=O)NN=Cc2cc(Br)c(OC(C)C)c(OC)c2)cc1. The molecule has 0 fully saturated rings. The van der Waals surface area contributed by atoms with Crippen molar-refractivity contribution in [2.75, 3.05) is 19.0 Å². The molecule has 0 aliphatic carbocycles. The molecule has 0 aromatic heterocycles. The highest BCUT2D eigenvalue weighted by atomic mass is 79.9. The van der Waals surface area contributed by atoms with Gasteiger partial charge in [0.25, 0.3) is 0 Å². The Bertz CT molecular complexity index is 945. The van der Waals surface area contributed by atoms with Crippen LogP contribution in [0.15, 0.2) is 46.0 Å². The molecule has 9 heteroatoms. The van der Waals surface area contributed by atoms with Crippen molar-refractivity contribution in [3.63, 3.8) is 0 Å². The van der Waals surface area contributed by atoms with Gasteiger partial charge in [-0.2, -0.15) is 5.10 Å². The Balaban J connectivity index is 1.83. The first kappa shape index (κ1) is 25.2. The van der Waals surface area contributed by atoms with Gasteiger partial charge < -0.3 is 19.5 Å². The van der Waals surface area contributed by atoms with E-state index < -0.39 is 0 Å². The Morgan fingerprint density at radius 1 is 1.12 bits per heavy atom. The number of rotatable bonds is 11. The molecule has 2 amide bonds. The highest BCUT2D eigenvalue weighted by Gasteiger charge is 2.13. The third-order valence-corrected chi connectivity index (χ3v) is 4.63. The van der Waals surface area contributed by atoms with Crippen molar-refractivity contribution in [2.24, 2.45) is 5.10 Å². The third kappa shape index (κ3) is 8.22. The van der Waals surface area contributed by atoms with Crippen molar-refractivity contribution >= 4 is 39.6 Å². The molecule has 0 aliphatic rings. The van der Waals surface area contributed by atoms with E-state index >= 15 is 0 Å². The number of hydrogen-bond acceptors (Lipinski definition) is 6. The minimum atomic E-state index is -0.367. The van der Waals surface area contributed by atoms with Gasteiger partial charge in [0.05, 0.1) is 30.5 Å². The van der Waals surface area contributed by atoms with Gasteiger partial charge in [-0.25, -0.2) is 5.43 Å². The second kappa shape index (κ2) is 12.7. The number of carbonyl (C=O) groups excluding carboxylic acids is 2. The largest absolute Gasteiger partial charge is 0.494 e. The van der Waals surface area contributed by atoms with Gasteiger partial charge in [0.1, 0.15) is 5.75 Å². The molecular formula is C23H28BrN3O5. The van der Waals surface area contributed by atoms with Crippen LogP contribution in [0.1, 0.15) is 39.2 Å². The summed E-state index contributed by atoms with van der Waals surface area (Å²) in [6, 6.07) is 10.6. The zero-order chi connectivity index (χ0) is 23.5. The smallest absolute Gasteiger partial charge is 0.240 e. The van der Waals surface area contributed by atoms with Crippen molar-refractivity contribution in [1.29, 1.82) is 0 Å². The van der Waals surface area contributed by atoms with Gasteiger partial charge in [0.15, 0.2) is 11.5 Å². The zero-order valence-corrected chi connectivity index (χ0v) is 20.2. The highest BCUT2D eigenvalue weighted by molar-refractivity contribution is 9.10. The molecule has 0 atom stereocenters. The fraction of sp³-hybridized carbons (Fsp3) is 0.348. The molecule has 0 spiro atoms. The van der Waals surface area contributed by atoms with Crippen LogP contribution in [0.3, 0.4) is 0 Å². The predicted octanol–water partition coefficient (Wildman–Crippen LogP) is 4.51. The van der Waals surface area contributed by atoms with Crippen LogP contribution < -0.4 is 25.0 Å². The second-order valence-electron chi connectivity index (χ2n) is 7.00. The first-order valence-electron chi connectivity index (χ1n) is 10.2. The Kier molecular flexibility index (Phi) is 10.0. The van der Waals surface area contributed by atoms with E-state index in [2.05, 4.69) is 31.8 Å². The molecule has 2 N–H and O–H groups in total. The van der Waals surface area contributed by atoms with Crippen LogP contribution in [0, 0.1) is 0 Å². The van der Waals surface area contributed by atoms with Crippen molar-refractivity contribution in [3.05, 3.63) is 46.4 Å². The van der Waals surface area contributed by atoms with Crippen molar-refractivity contribution in [3.8, 4) is 17.2 Å². The fourth-order valence-corrected chi connectivity index (χ4v) is 3.20. The number of methoxy groups -OCH3 is 1. The van der Waals surface area contributed by atoms with Crippen molar-refractivity contribution in [2.45, 2.75) is 39.7 Å². The lowest BCUT2D eigenvalue weighted by molar-refractivity contribution is -0.124. The van der Waals surface area contributed by atoms with E-state index in [1.165, 1.54) is 6.21 Å². The maximum atomic E-state index is 12.0. The Morgan fingerprint density at radius 2 is 1.81 bits per heavy atom. The summed E-state index contributed by atoms with van der Waals surface area (Å²) in [5, 5.41) is 6.69. The molecule has 0 aliphatic heterocycles. The number of nitrogens with zero attached hydrogens (tertiary/aromatic N) is 1. The summed E-state index contributed by atoms with van der Waals surface area (Å²) < 4.78 is 17.2. The maximum absolute atomic E-state index is 12.0. The Morgan fingerprint density at radius 3 is 2.44 bits per heavy atom. The monoisotopic (exact) mass is 505 g/mol. The van der Waals surface area contributed by atoms with Gasteiger partial charge in [0.2, 0.25) is 11.8 Å². The van der Waals surface area contributed by atoms with Crippen LogP contribution in [-0.2, 0) is 9.59 Å². The molecule has 0 bridgehead atoms. The molecule has 172 valence electrons. The van der Waals surface area contributed by atoms with Gasteiger partial charge >= 0.3 is 0 Å². The van der Waals surface area contributed by atoms with E-state index in [4.69, 9.17) is 14.2 Å². The van der Waals surface area contributed by atoms with E-state index in [0.29, 0.717) is 33.8 Å². The summed E-state index contributed by atoms with van der Waals surface area (Å²) in [6.45, 7) is 6.33. The molecule has 0 radical (unpaired) electrons. The summed E-state index contributed by atoms with van der Waals surface area (Å²) >= 11 is 3.46. The van der Waals surface area contributed by atoms with Crippen LogP contribution in [0.25, 0.3) is 0 Å². The number of benzene rings is 2. The molecule has 2 rings (SSSR count). The quantitative estimate of drug-likeness (QED) is 0.345.